The minimum absolute atomic E-state index is 0. The smallest absolute Gasteiger partial charge is 0.726 e. The molecule has 0 fully saturated rings. The van der Waals surface area contributed by atoms with Crippen LogP contribution >= 0.6 is 0 Å². The second-order valence-corrected chi connectivity index (χ2v) is 6.31. The molecule has 0 aromatic rings. The van der Waals surface area contributed by atoms with Crippen LogP contribution in [-0.2, 0) is 14.6 Å². The molecular weight excluding hydrogens is 287 g/mol. The van der Waals surface area contributed by atoms with Gasteiger partial charge in [-0.2, -0.15) is 0 Å². The molecule has 1 atom stereocenters. The van der Waals surface area contributed by atoms with Crippen LogP contribution in [-0.4, -0.2) is 19.1 Å². The van der Waals surface area contributed by atoms with Crippen LogP contribution in [0.1, 0.15) is 72.6 Å². The average Bonchev–Trinajstić information content (AvgIpc) is 2.34. The predicted octanol–water partition coefficient (Wildman–Crippen LogP) is 0.879. The molecule has 0 aromatic heterocycles. The first-order valence-corrected chi connectivity index (χ1v) is 8.83. The summed E-state index contributed by atoms with van der Waals surface area (Å²) in [6, 6.07) is 0. The summed E-state index contributed by atoms with van der Waals surface area (Å²) in [6.07, 6.45) is 5.93. The van der Waals surface area contributed by atoms with Gasteiger partial charge in [-0.1, -0.05) is 53.4 Å². The van der Waals surface area contributed by atoms with E-state index in [1.165, 1.54) is 0 Å². The Labute approximate surface area is 147 Å². The van der Waals surface area contributed by atoms with Crippen molar-refractivity contribution in [1.29, 1.82) is 0 Å². The molecule has 0 bridgehead atoms. The fourth-order valence-electron chi connectivity index (χ4n) is 2.48. The van der Waals surface area contributed by atoms with Gasteiger partial charge in [-0.05, 0) is 31.1 Å². The van der Waals surface area contributed by atoms with Gasteiger partial charge in [-0.15, -0.1) is 0 Å². The molecule has 0 aliphatic rings. The van der Waals surface area contributed by atoms with E-state index >= 15 is 0 Å². The van der Waals surface area contributed by atoms with Crippen molar-refractivity contribution in [1.82, 2.24) is 0 Å². The summed E-state index contributed by atoms with van der Waals surface area (Å²) < 4.78 is 37.1. The fourth-order valence-corrected chi connectivity index (χ4v) is 2.99. The van der Waals surface area contributed by atoms with Gasteiger partial charge in [0.15, 0.2) is 0 Å². The van der Waals surface area contributed by atoms with E-state index in [9.17, 15) is 13.0 Å². The first kappa shape index (κ1) is 23.1. The first-order chi connectivity index (χ1) is 8.86. The molecule has 0 amide bonds. The summed E-state index contributed by atoms with van der Waals surface area (Å²) in [5, 5.41) is 0. The number of rotatable bonds is 11. The van der Waals surface area contributed by atoms with E-state index in [-0.39, 0.29) is 29.6 Å². The SMILES string of the molecule is CCC(CC)CCC(CC(CC)CC)OS(=O)(=O)[O-].[Na+]. The van der Waals surface area contributed by atoms with E-state index in [1.54, 1.807) is 0 Å². The van der Waals surface area contributed by atoms with E-state index in [1.807, 2.05) is 0 Å². The van der Waals surface area contributed by atoms with Gasteiger partial charge in [-0.3, -0.25) is 4.18 Å². The maximum Gasteiger partial charge on any atom is 1.00 e. The van der Waals surface area contributed by atoms with E-state index in [0.29, 0.717) is 24.7 Å². The Bertz CT molecular complexity index is 311. The van der Waals surface area contributed by atoms with Gasteiger partial charge in [0.25, 0.3) is 0 Å². The van der Waals surface area contributed by atoms with Crippen molar-refractivity contribution in [3.63, 3.8) is 0 Å². The third-order valence-electron chi connectivity index (χ3n) is 4.06. The monoisotopic (exact) mass is 316 g/mol. The zero-order chi connectivity index (χ0) is 14.9. The van der Waals surface area contributed by atoms with Gasteiger partial charge in [-0.25, -0.2) is 8.42 Å². The molecule has 0 rings (SSSR count). The minimum Gasteiger partial charge on any atom is -0.726 e. The van der Waals surface area contributed by atoms with Crippen molar-refractivity contribution in [2.75, 3.05) is 0 Å². The standard InChI is InChI=1S/C14H30O4S.Na/c1-5-12(6-2)9-10-14(18-19(15,16)17)11-13(7-3)8-4;/h12-14H,5-11H2,1-4H3,(H,15,16,17);/q;+1/p-1. The van der Waals surface area contributed by atoms with Crippen molar-refractivity contribution in [2.45, 2.75) is 78.7 Å². The Kier molecular flexibility index (Phi) is 14.4. The summed E-state index contributed by atoms with van der Waals surface area (Å²) in [5.41, 5.74) is 0. The van der Waals surface area contributed by atoms with Gasteiger partial charge in [0.05, 0.1) is 6.10 Å². The van der Waals surface area contributed by atoms with Crippen LogP contribution in [0.4, 0.5) is 0 Å². The molecule has 0 saturated carbocycles. The van der Waals surface area contributed by atoms with Crippen LogP contribution in [0.5, 0.6) is 0 Å². The molecule has 4 nitrogen and oxygen atoms in total. The molecule has 0 aromatic carbocycles. The number of hydrogen-bond donors (Lipinski definition) is 0. The molecule has 0 N–H and O–H groups in total. The zero-order valence-electron chi connectivity index (χ0n) is 13.7. The molecule has 1 unspecified atom stereocenters. The van der Waals surface area contributed by atoms with E-state index in [2.05, 4.69) is 27.7 Å². The molecule has 116 valence electrons. The van der Waals surface area contributed by atoms with Crippen LogP contribution in [0.15, 0.2) is 0 Å². The molecule has 0 radical (unpaired) electrons. The molecule has 6 heteroatoms. The molecular formula is C14H29NaO4S. The molecule has 0 aliphatic carbocycles. The molecule has 0 aliphatic heterocycles. The zero-order valence-corrected chi connectivity index (χ0v) is 16.5. The van der Waals surface area contributed by atoms with Crippen molar-refractivity contribution in [3.8, 4) is 0 Å². The Morgan fingerprint density at radius 2 is 1.35 bits per heavy atom. The number of hydrogen-bond acceptors (Lipinski definition) is 4. The summed E-state index contributed by atoms with van der Waals surface area (Å²) in [5.74, 6) is 1.01. The van der Waals surface area contributed by atoms with Crippen LogP contribution in [0.25, 0.3) is 0 Å². The van der Waals surface area contributed by atoms with Crippen molar-refractivity contribution in [3.05, 3.63) is 0 Å². The third kappa shape index (κ3) is 11.5. The van der Waals surface area contributed by atoms with Crippen molar-refractivity contribution < 1.29 is 46.7 Å². The van der Waals surface area contributed by atoms with Crippen LogP contribution in [0.2, 0.25) is 0 Å². The van der Waals surface area contributed by atoms with E-state index in [4.69, 9.17) is 4.18 Å². The van der Waals surface area contributed by atoms with Crippen LogP contribution < -0.4 is 29.6 Å². The first-order valence-electron chi connectivity index (χ1n) is 7.50. The molecule has 20 heavy (non-hydrogen) atoms. The van der Waals surface area contributed by atoms with Crippen LogP contribution in [0.3, 0.4) is 0 Å². The third-order valence-corrected chi connectivity index (χ3v) is 4.56. The molecule has 0 heterocycles. The molecule has 0 spiro atoms. The summed E-state index contributed by atoms with van der Waals surface area (Å²) in [6.45, 7) is 8.43. The fraction of sp³-hybridized carbons (Fsp3) is 1.00. The van der Waals surface area contributed by atoms with Crippen molar-refractivity contribution in [2.24, 2.45) is 11.8 Å². The second-order valence-electron chi connectivity index (χ2n) is 5.30. The Hall–Kier alpha value is 0.870. The van der Waals surface area contributed by atoms with Gasteiger partial charge >= 0.3 is 29.6 Å². The van der Waals surface area contributed by atoms with E-state index < -0.39 is 16.5 Å². The van der Waals surface area contributed by atoms with Crippen LogP contribution in [0, 0.1) is 11.8 Å². The van der Waals surface area contributed by atoms with Gasteiger partial charge in [0, 0.05) is 0 Å². The summed E-state index contributed by atoms with van der Waals surface area (Å²) >= 11 is 0. The Balaban J connectivity index is 0. The quantitative estimate of drug-likeness (QED) is 0.322. The van der Waals surface area contributed by atoms with Gasteiger partial charge < -0.3 is 4.55 Å². The predicted molar refractivity (Wildman–Crippen MR) is 76.6 cm³/mol. The largest absolute Gasteiger partial charge is 1.00 e. The minimum atomic E-state index is -4.60. The van der Waals surface area contributed by atoms with E-state index in [0.717, 1.165) is 32.1 Å². The van der Waals surface area contributed by atoms with Crippen molar-refractivity contribution >= 4 is 10.4 Å². The maximum absolute atomic E-state index is 10.8. The Morgan fingerprint density at radius 3 is 1.70 bits per heavy atom. The second kappa shape index (κ2) is 12.4. The van der Waals surface area contributed by atoms with Gasteiger partial charge in [0.2, 0.25) is 10.4 Å². The normalized spacial score (nSPS) is 13.6. The summed E-state index contributed by atoms with van der Waals surface area (Å²) in [7, 11) is -4.60. The maximum atomic E-state index is 10.8. The molecule has 0 saturated heterocycles. The average molecular weight is 316 g/mol. The topological polar surface area (TPSA) is 66.4 Å². The Morgan fingerprint density at radius 1 is 0.900 bits per heavy atom. The van der Waals surface area contributed by atoms with Gasteiger partial charge in [0.1, 0.15) is 0 Å². The summed E-state index contributed by atoms with van der Waals surface area (Å²) in [4.78, 5) is 0.